The van der Waals surface area contributed by atoms with Gasteiger partial charge in [-0.25, -0.2) is 0 Å². The van der Waals surface area contributed by atoms with Crippen LogP contribution in [-0.2, 0) is 13.1 Å². The molecule has 0 fully saturated rings. The number of hydrogen-bond acceptors (Lipinski definition) is 4. The summed E-state index contributed by atoms with van der Waals surface area (Å²) in [6.45, 7) is 1.23. The van der Waals surface area contributed by atoms with Gasteiger partial charge in [-0.15, -0.1) is 0 Å². The summed E-state index contributed by atoms with van der Waals surface area (Å²) in [4.78, 5) is 10.2. The summed E-state index contributed by atoms with van der Waals surface area (Å²) >= 11 is 6.03. The van der Waals surface area contributed by atoms with Crippen molar-refractivity contribution in [3.63, 3.8) is 0 Å². The number of nitro benzene ring substituents is 1. The first-order valence-corrected chi connectivity index (χ1v) is 6.06. The van der Waals surface area contributed by atoms with Crippen molar-refractivity contribution in [1.29, 1.82) is 0 Å². The molecule has 7 heteroatoms. The number of nitro groups is 1. The van der Waals surface area contributed by atoms with Crippen molar-refractivity contribution >= 4 is 17.3 Å². The first kappa shape index (κ1) is 13.5. The summed E-state index contributed by atoms with van der Waals surface area (Å²) in [6, 6.07) is 4.45. The smallest absolute Gasteiger partial charge is 0.270 e. The summed E-state index contributed by atoms with van der Waals surface area (Å²) in [5, 5.41) is 18.2. The van der Waals surface area contributed by atoms with E-state index in [0.717, 1.165) is 17.7 Å². The Balaban J connectivity index is 2.16. The second-order valence-corrected chi connectivity index (χ2v) is 4.52. The van der Waals surface area contributed by atoms with Crippen LogP contribution in [0.1, 0.15) is 11.1 Å². The van der Waals surface area contributed by atoms with Gasteiger partial charge in [0, 0.05) is 30.4 Å². The molecule has 1 N–H and O–H groups in total. The maximum Gasteiger partial charge on any atom is 0.270 e. The van der Waals surface area contributed by atoms with Crippen molar-refractivity contribution in [3.8, 4) is 0 Å². The van der Waals surface area contributed by atoms with Crippen molar-refractivity contribution < 1.29 is 4.92 Å². The third kappa shape index (κ3) is 3.30. The number of nitrogens with zero attached hydrogens (tertiary/aromatic N) is 3. The molecule has 0 saturated heterocycles. The molecule has 1 aromatic carbocycles. The minimum atomic E-state index is -0.464. The van der Waals surface area contributed by atoms with E-state index in [1.165, 1.54) is 12.1 Å². The summed E-state index contributed by atoms with van der Waals surface area (Å²) in [6.07, 6.45) is 3.68. The third-order valence-electron chi connectivity index (χ3n) is 2.65. The van der Waals surface area contributed by atoms with Gasteiger partial charge in [-0.1, -0.05) is 11.6 Å². The summed E-state index contributed by atoms with van der Waals surface area (Å²) < 4.78 is 1.75. The van der Waals surface area contributed by atoms with Crippen LogP contribution in [0.25, 0.3) is 0 Å². The van der Waals surface area contributed by atoms with Gasteiger partial charge in [0.25, 0.3) is 5.69 Å². The predicted octanol–water partition coefficient (Wildman–Crippen LogP) is 2.21. The minimum absolute atomic E-state index is 0.00918. The molecule has 100 valence electrons. The molecule has 0 amide bonds. The number of rotatable bonds is 5. The van der Waals surface area contributed by atoms with Gasteiger partial charge in [0.05, 0.1) is 22.7 Å². The fourth-order valence-electron chi connectivity index (χ4n) is 1.74. The first-order chi connectivity index (χ1) is 9.10. The molecular formula is C12H13ClN4O2. The molecule has 0 spiro atoms. The van der Waals surface area contributed by atoms with E-state index in [4.69, 9.17) is 11.6 Å². The second-order valence-electron chi connectivity index (χ2n) is 4.11. The SMILES string of the molecule is CNCc1cnn(Cc2ccc([N+](=O)[O-])cc2Cl)c1. The molecule has 2 rings (SSSR count). The number of hydrogen-bond donors (Lipinski definition) is 1. The minimum Gasteiger partial charge on any atom is -0.316 e. The van der Waals surface area contributed by atoms with E-state index in [1.54, 1.807) is 16.9 Å². The molecule has 19 heavy (non-hydrogen) atoms. The van der Waals surface area contributed by atoms with Crippen LogP contribution in [0.4, 0.5) is 5.69 Å². The highest BCUT2D eigenvalue weighted by molar-refractivity contribution is 6.31. The van der Waals surface area contributed by atoms with Gasteiger partial charge in [-0.05, 0) is 18.7 Å². The molecule has 0 aliphatic heterocycles. The maximum absolute atomic E-state index is 10.6. The quantitative estimate of drug-likeness (QED) is 0.673. The van der Waals surface area contributed by atoms with Gasteiger partial charge >= 0.3 is 0 Å². The van der Waals surface area contributed by atoms with Crippen LogP contribution in [0.5, 0.6) is 0 Å². The van der Waals surface area contributed by atoms with Crippen LogP contribution < -0.4 is 5.32 Å². The average Bonchev–Trinajstić information content (AvgIpc) is 2.79. The fraction of sp³-hybridized carbons (Fsp3) is 0.250. The lowest BCUT2D eigenvalue weighted by Gasteiger charge is -2.04. The maximum atomic E-state index is 10.6. The summed E-state index contributed by atoms with van der Waals surface area (Å²) in [7, 11) is 1.87. The lowest BCUT2D eigenvalue weighted by Crippen LogP contribution is -2.04. The Hall–Kier alpha value is -1.92. The second kappa shape index (κ2) is 5.81. The van der Waals surface area contributed by atoms with Crippen LogP contribution in [0.15, 0.2) is 30.6 Å². The van der Waals surface area contributed by atoms with Gasteiger partial charge in [-0.2, -0.15) is 5.10 Å². The number of aromatic nitrogens is 2. The van der Waals surface area contributed by atoms with E-state index < -0.39 is 4.92 Å². The Kier molecular flexibility index (Phi) is 4.13. The molecular weight excluding hydrogens is 268 g/mol. The van der Waals surface area contributed by atoms with E-state index in [0.29, 0.717) is 11.6 Å². The van der Waals surface area contributed by atoms with E-state index in [-0.39, 0.29) is 5.69 Å². The van der Waals surface area contributed by atoms with Gasteiger partial charge in [0.15, 0.2) is 0 Å². The zero-order valence-electron chi connectivity index (χ0n) is 10.3. The zero-order chi connectivity index (χ0) is 13.8. The lowest BCUT2D eigenvalue weighted by atomic mass is 10.2. The topological polar surface area (TPSA) is 73.0 Å². The molecule has 0 aliphatic carbocycles. The molecule has 0 atom stereocenters. The highest BCUT2D eigenvalue weighted by atomic mass is 35.5. The van der Waals surface area contributed by atoms with Crippen LogP contribution in [-0.4, -0.2) is 21.8 Å². The molecule has 0 unspecified atom stereocenters. The molecule has 0 aliphatic rings. The monoisotopic (exact) mass is 280 g/mol. The van der Waals surface area contributed by atoms with Crippen molar-refractivity contribution in [2.24, 2.45) is 0 Å². The van der Waals surface area contributed by atoms with Crippen molar-refractivity contribution in [2.45, 2.75) is 13.1 Å². The number of halogens is 1. The Labute approximate surface area is 115 Å². The number of nitrogens with one attached hydrogen (secondary N) is 1. The molecule has 2 aromatic rings. The van der Waals surface area contributed by atoms with Gasteiger partial charge in [0.1, 0.15) is 0 Å². The van der Waals surface area contributed by atoms with Crippen LogP contribution in [0.2, 0.25) is 5.02 Å². The summed E-state index contributed by atoms with van der Waals surface area (Å²) in [5.41, 5.74) is 1.86. The molecule has 0 bridgehead atoms. The van der Waals surface area contributed by atoms with Crippen molar-refractivity contribution in [1.82, 2.24) is 15.1 Å². The van der Waals surface area contributed by atoms with Crippen LogP contribution in [0, 0.1) is 10.1 Å². The highest BCUT2D eigenvalue weighted by Crippen LogP contribution is 2.23. The lowest BCUT2D eigenvalue weighted by molar-refractivity contribution is -0.384. The third-order valence-corrected chi connectivity index (χ3v) is 3.00. The average molecular weight is 281 g/mol. The van der Waals surface area contributed by atoms with E-state index >= 15 is 0 Å². The summed E-state index contributed by atoms with van der Waals surface area (Å²) in [5.74, 6) is 0. The van der Waals surface area contributed by atoms with Gasteiger partial charge < -0.3 is 5.32 Å². The van der Waals surface area contributed by atoms with E-state index in [1.807, 2.05) is 13.2 Å². The Morgan fingerprint density at radius 3 is 2.95 bits per heavy atom. The highest BCUT2D eigenvalue weighted by Gasteiger charge is 2.10. The number of benzene rings is 1. The zero-order valence-corrected chi connectivity index (χ0v) is 11.1. The molecule has 0 radical (unpaired) electrons. The van der Waals surface area contributed by atoms with Crippen molar-refractivity contribution in [3.05, 3.63) is 56.9 Å². The number of non-ortho nitro benzene ring substituents is 1. The Bertz CT molecular complexity index is 597. The molecule has 6 nitrogen and oxygen atoms in total. The van der Waals surface area contributed by atoms with E-state index in [2.05, 4.69) is 10.4 Å². The Morgan fingerprint density at radius 1 is 1.53 bits per heavy atom. The Morgan fingerprint density at radius 2 is 2.32 bits per heavy atom. The molecule has 1 heterocycles. The van der Waals surface area contributed by atoms with Crippen molar-refractivity contribution in [2.75, 3.05) is 7.05 Å². The standard InChI is InChI=1S/C12H13ClN4O2/c1-14-5-9-6-15-16(7-9)8-10-2-3-11(17(18)19)4-12(10)13/h2-4,6-7,14H,5,8H2,1H3. The predicted molar refractivity (Wildman–Crippen MR) is 72.2 cm³/mol. The fourth-order valence-corrected chi connectivity index (χ4v) is 1.98. The van der Waals surface area contributed by atoms with Crippen LogP contribution in [0.3, 0.4) is 0 Å². The normalized spacial score (nSPS) is 10.6. The first-order valence-electron chi connectivity index (χ1n) is 5.69. The van der Waals surface area contributed by atoms with Gasteiger partial charge in [-0.3, -0.25) is 14.8 Å². The van der Waals surface area contributed by atoms with Crippen LogP contribution >= 0.6 is 11.6 Å². The largest absolute Gasteiger partial charge is 0.316 e. The van der Waals surface area contributed by atoms with E-state index in [9.17, 15) is 10.1 Å². The van der Waals surface area contributed by atoms with Gasteiger partial charge in [0.2, 0.25) is 0 Å². The molecule has 0 saturated carbocycles. The molecule has 1 aromatic heterocycles.